The molecular weight excluding hydrogens is 382 g/mol. The van der Waals surface area contributed by atoms with Crippen LogP contribution < -0.4 is 5.14 Å². The average Bonchev–Trinajstić information content (AvgIpc) is 2.93. The van der Waals surface area contributed by atoms with Crippen LogP contribution in [0.1, 0.15) is 23.4 Å². The van der Waals surface area contributed by atoms with Gasteiger partial charge in [0.15, 0.2) is 0 Å². The van der Waals surface area contributed by atoms with Gasteiger partial charge in [-0.3, -0.25) is 4.18 Å². The van der Waals surface area contributed by atoms with E-state index in [1.807, 2.05) is 30.3 Å². The monoisotopic (exact) mass is 403 g/mol. The number of hydrogen-bond acceptors (Lipinski definition) is 7. The minimum atomic E-state index is -4.09. The number of aliphatic hydroxyl groups excluding tert-OH is 2. The number of aliphatic hydroxyl groups is 2. The highest BCUT2D eigenvalue weighted by Gasteiger charge is 2.42. The predicted molar refractivity (Wildman–Crippen MR) is 101 cm³/mol. The van der Waals surface area contributed by atoms with Crippen LogP contribution in [-0.2, 0) is 20.9 Å². The van der Waals surface area contributed by atoms with E-state index in [2.05, 4.69) is 26.0 Å². The van der Waals surface area contributed by atoms with Crippen molar-refractivity contribution in [2.75, 3.05) is 6.61 Å². The molecule has 0 spiro atoms. The molecule has 3 rings (SSSR count). The normalized spacial score (nSPS) is 24.5. The van der Waals surface area contributed by atoms with Gasteiger partial charge in [0.1, 0.15) is 12.0 Å². The van der Waals surface area contributed by atoms with E-state index >= 15 is 0 Å². The highest BCUT2D eigenvalue weighted by atomic mass is 32.2. The van der Waals surface area contributed by atoms with Crippen LogP contribution in [0.2, 0.25) is 0 Å². The quantitative estimate of drug-likeness (QED) is 0.598. The predicted octanol–water partition coefficient (Wildman–Crippen LogP) is -0.00310. The summed E-state index contributed by atoms with van der Waals surface area (Å²) in [7, 11) is -4.09. The van der Waals surface area contributed by atoms with Gasteiger partial charge in [-0.1, -0.05) is 24.1 Å². The average molecular weight is 403 g/mol. The zero-order valence-corrected chi connectivity index (χ0v) is 15.8. The van der Waals surface area contributed by atoms with E-state index in [1.165, 1.54) is 6.33 Å². The van der Waals surface area contributed by atoms with Gasteiger partial charge in [-0.2, -0.15) is 8.42 Å². The van der Waals surface area contributed by atoms with E-state index in [9.17, 15) is 18.6 Å². The summed E-state index contributed by atoms with van der Waals surface area (Å²) in [6.45, 7) is -0.273. The molecule has 1 heterocycles. The van der Waals surface area contributed by atoms with Crippen LogP contribution in [0.5, 0.6) is 0 Å². The Bertz CT molecular complexity index is 972. The number of nitrogens with zero attached hydrogens (tertiary/aromatic N) is 2. The van der Waals surface area contributed by atoms with Crippen molar-refractivity contribution in [2.45, 2.75) is 25.0 Å². The zero-order chi connectivity index (χ0) is 20.1. The second kappa shape index (κ2) is 8.77. The molecular formula is C19H21N3O5S. The molecule has 28 heavy (non-hydrogen) atoms. The first-order valence-electron chi connectivity index (χ1n) is 8.73. The summed E-state index contributed by atoms with van der Waals surface area (Å²) in [5.74, 6) is 5.17. The standard InChI is InChI=1S/C19H21N3O5S/c20-28(25,26)27-11-15-8-14(18(23)19(15)24)9-17-10-16(21-12-22-17)7-6-13-4-2-1-3-5-13/h1-5,10,12,14-15,18-19,23-24H,8-9,11H2,(H2,20,25,26)/t14-,15+,18-,19+/m0/s1. The summed E-state index contributed by atoms with van der Waals surface area (Å²) in [6.07, 6.45) is 0.0808. The molecule has 148 valence electrons. The van der Waals surface area contributed by atoms with Crippen LogP contribution in [0.25, 0.3) is 0 Å². The van der Waals surface area contributed by atoms with Crippen molar-refractivity contribution < 1.29 is 22.8 Å². The van der Waals surface area contributed by atoms with Crippen molar-refractivity contribution in [3.05, 3.63) is 59.7 Å². The molecule has 0 saturated heterocycles. The van der Waals surface area contributed by atoms with Gasteiger partial charge in [-0.05, 0) is 42.9 Å². The third-order valence-corrected chi connectivity index (χ3v) is 5.14. The van der Waals surface area contributed by atoms with Crippen LogP contribution in [0.3, 0.4) is 0 Å². The summed E-state index contributed by atoms with van der Waals surface area (Å²) in [5.41, 5.74) is 2.10. The number of nitrogens with two attached hydrogens (primary N) is 1. The largest absolute Gasteiger partial charge is 0.390 e. The first kappa shape index (κ1) is 20.4. The summed E-state index contributed by atoms with van der Waals surface area (Å²) in [6, 6.07) is 11.3. The van der Waals surface area contributed by atoms with Crippen molar-refractivity contribution in [1.82, 2.24) is 9.97 Å². The molecule has 0 radical (unpaired) electrons. The van der Waals surface area contributed by atoms with Crippen LogP contribution in [0.15, 0.2) is 42.7 Å². The lowest BCUT2D eigenvalue weighted by Crippen LogP contribution is -2.31. The molecule has 0 unspecified atom stereocenters. The van der Waals surface area contributed by atoms with Crippen LogP contribution in [-0.4, -0.2) is 47.4 Å². The Morgan fingerprint density at radius 1 is 1.11 bits per heavy atom. The second-order valence-corrected chi connectivity index (χ2v) is 7.95. The third kappa shape index (κ3) is 5.58. The molecule has 0 amide bonds. The van der Waals surface area contributed by atoms with E-state index in [4.69, 9.17) is 5.14 Å². The van der Waals surface area contributed by atoms with Crippen LogP contribution in [0.4, 0.5) is 0 Å². The van der Waals surface area contributed by atoms with Crippen molar-refractivity contribution in [2.24, 2.45) is 17.0 Å². The molecule has 1 fully saturated rings. The summed E-state index contributed by atoms with van der Waals surface area (Å²) in [4.78, 5) is 8.35. The fraction of sp³-hybridized carbons (Fsp3) is 0.368. The van der Waals surface area contributed by atoms with Crippen LogP contribution in [0, 0.1) is 23.7 Å². The van der Waals surface area contributed by atoms with Gasteiger partial charge in [0.2, 0.25) is 0 Å². The lowest BCUT2D eigenvalue weighted by atomic mass is 9.98. The second-order valence-electron chi connectivity index (χ2n) is 6.73. The SMILES string of the molecule is NS(=O)(=O)OC[C@H]1C[C@@H](Cc2cc(C#Cc3ccccc3)ncn2)[C@H](O)[C@@H]1O. The summed E-state index contributed by atoms with van der Waals surface area (Å²) in [5, 5.41) is 25.2. The smallest absolute Gasteiger partial charge is 0.333 e. The van der Waals surface area contributed by atoms with Gasteiger partial charge in [0.25, 0.3) is 0 Å². The first-order chi connectivity index (χ1) is 13.3. The number of benzene rings is 1. The Kier molecular flexibility index (Phi) is 6.39. The van der Waals surface area contributed by atoms with Gasteiger partial charge in [-0.25, -0.2) is 15.1 Å². The van der Waals surface area contributed by atoms with Gasteiger partial charge in [-0.15, -0.1) is 0 Å². The number of hydrogen-bond donors (Lipinski definition) is 3. The Morgan fingerprint density at radius 3 is 2.54 bits per heavy atom. The minimum Gasteiger partial charge on any atom is -0.390 e. The van der Waals surface area contributed by atoms with E-state index in [1.54, 1.807) is 6.07 Å². The molecule has 4 atom stereocenters. The maximum absolute atomic E-state index is 10.9. The lowest BCUT2D eigenvalue weighted by molar-refractivity contribution is -0.00332. The first-order valence-corrected chi connectivity index (χ1v) is 10.2. The van der Waals surface area contributed by atoms with Gasteiger partial charge < -0.3 is 10.2 Å². The third-order valence-electron chi connectivity index (χ3n) is 4.67. The maximum Gasteiger partial charge on any atom is 0.333 e. The molecule has 9 heteroatoms. The van der Waals surface area contributed by atoms with Crippen molar-refractivity contribution in [3.8, 4) is 11.8 Å². The molecule has 1 saturated carbocycles. The van der Waals surface area contributed by atoms with E-state index in [0.717, 1.165) is 5.56 Å². The van der Waals surface area contributed by atoms with Gasteiger partial charge in [0.05, 0.1) is 18.8 Å². The topological polar surface area (TPSA) is 136 Å². The molecule has 2 aromatic rings. The Morgan fingerprint density at radius 2 is 1.82 bits per heavy atom. The van der Waals surface area contributed by atoms with E-state index < -0.39 is 28.4 Å². The number of aromatic nitrogens is 2. The maximum atomic E-state index is 10.9. The Hall–Kier alpha value is -2.35. The molecule has 0 bridgehead atoms. The highest BCUT2D eigenvalue weighted by Crippen LogP contribution is 2.34. The summed E-state index contributed by atoms with van der Waals surface area (Å²) >= 11 is 0. The molecule has 1 aromatic heterocycles. The molecule has 1 aromatic carbocycles. The van der Waals surface area contributed by atoms with Crippen molar-refractivity contribution in [1.29, 1.82) is 0 Å². The Balaban J connectivity index is 1.66. The summed E-state index contributed by atoms with van der Waals surface area (Å²) < 4.78 is 26.4. The fourth-order valence-corrected chi connectivity index (χ4v) is 3.65. The van der Waals surface area contributed by atoms with Crippen molar-refractivity contribution >= 4 is 10.3 Å². The van der Waals surface area contributed by atoms with Gasteiger partial charge in [0, 0.05) is 17.2 Å². The minimum absolute atomic E-state index is 0.273. The number of rotatable bonds is 5. The highest BCUT2D eigenvalue weighted by molar-refractivity contribution is 7.84. The zero-order valence-electron chi connectivity index (χ0n) is 15.0. The fourth-order valence-electron chi connectivity index (χ4n) is 3.28. The van der Waals surface area contributed by atoms with E-state index in [-0.39, 0.29) is 12.5 Å². The molecule has 8 nitrogen and oxygen atoms in total. The molecule has 1 aliphatic carbocycles. The van der Waals surface area contributed by atoms with Crippen LogP contribution >= 0.6 is 0 Å². The van der Waals surface area contributed by atoms with E-state index in [0.29, 0.717) is 24.2 Å². The lowest BCUT2D eigenvalue weighted by Gasteiger charge is -2.16. The Labute approximate surface area is 163 Å². The molecule has 4 N–H and O–H groups in total. The van der Waals surface area contributed by atoms with Gasteiger partial charge >= 0.3 is 10.3 Å². The molecule has 1 aliphatic rings. The van der Waals surface area contributed by atoms with Crippen molar-refractivity contribution in [3.63, 3.8) is 0 Å². The molecule has 0 aliphatic heterocycles.